The zero-order valence-corrected chi connectivity index (χ0v) is 12.3. The third-order valence-corrected chi connectivity index (χ3v) is 3.75. The summed E-state index contributed by atoms with van der Waals surface area (Å²) < 4.78 is 16.8. The van der Waals surface area contributed by atoms with E-state index in [-0.39, 0.29) is 11.7 Å². The van der Waals surface area contributed by atoms with Crippen molar-refractivity contribution in [2.45, 2.75) is 20.0 Å². The highest BCUT2D eigenvalue weighted by Crippen LogP contribution is 2.28. The van der Waals surface area contributed by atoms with Crippen LogP contribution < -0.4 is 15.7 Å². The van der Waals surface area contributed by atoms with Gasteiger partial charge in [0.2, 0.25) is 0 Å². The predicted octanol–water partition coefficient (Wildman–Crippen LogP) is 1.78. The van der Waals surface area contributed by atoms with Crippen molar-refractivity contribution >= 4 is 11.0 Å². The molecule has 1 aromatic carbocycles. The lowest BCUT2D eigenvalue weighted by molar-refractivity contribution is 0.0000792. The number of hydrogen-bond acceptors (Lipinski definition) is 5. The quantitative estimate of drug-likeness (QED) is 0.873. The van der Waals surface area contributed by atoms with Gasteiger partial charge in [0.25, 0.3) is 0 Å². The van der Waals surface area contributed by atoms with E-state index in [1.165, 1.54) is 6.07 Å². The molecule has 0 saturated carbocycles. The van der Waals surface area contributed by atoms with Crippen molar-refractivity contribution in [1.29, 1.82) is 0 Å². The molecule has 0 spiro atoms. The van der Waals surface area contributed by atoms with Gasteiger partial charge in [-0.3, -0.25) is 0 Å². The van der Waals surface area contributed by atoms with Crippen molar-refractivity contribution in [3.63, 3.8) is 0 Å². The van der Waals surface area contributed by atoms with Crippen LogP contribution in [-0.4, -0.2) is 32.4 Å². The summed E-state index contributed by atoms with van der Waals surface area (Å²) in [5, 5.41) is 4.21. The molecule has 0 bridgehead atoms. The minimum atomic E-state index is -0.333. The Balaban J connectivity index is 1.85. The molecule has 1 fully saturated rings. The first-order chi connectivity index (χ1) is 10.1. The van der Waals surface area contributed by atoms with Crippen LogP contribution in [-0.2, 0) is 4.74 Å². The highest BCUT2D eigenvalue weighted by atomic mass is 16.5. The van der Waals surface area contributed by atoms with Crippen LogP contribution in [0.15, 0.2) is 27.4 Å². The maximum absolute atomic E-state index is 11.5. The van der Waals surface area contributed by atoms with Gasteiger partial charge in [-0.25, -0.2) is 4.79 Å². The molecule has 5 heteroatoms. The Kier molecular flexibility index (Phi) is 3.94. The van der Waals surface area contributed by atoms with Crippen LogP contribution in [0.1, 0.15) is 11.1 Å². The molecule has 1 aliphatic heterocycles. The standard InChI is InChI=1S/C16H19NO4/c1-10-7-15(18)21-16-11(2)14(4-3-13(10)16)20-9-12-8-17-5-6-19-12/h3-4,7,12,17H,5-6,8-9H2,1-2H3. The summed E-state index contributed by atoms with van der Waals surface area (Å²) in [6.07, 6.45) is 0.0540. The summed E-state index contributed by atoms with van der Waals surface area (Å²) in [6, 6.07) is 5.35. The maximum Gasteiger partial charge on any atom is 0.336 e. The first-order valence-corrected chi connectivity index (χ1v) is 7.14. The van der Waals surface area contributed by atoms with E-state index in [4.69, 9.17) is 13.9 Å². The first-order valence-electron chi connectivity index (χ1n) is 7.14. The second-order valence-corrected chi connectivity index (χ2v) is 5.32. The van der Waals surface area contributed by atoms with Crippen molar-refractivity contribution in [3.8, 4) is 5.75 Å². The zero-order chi connectivity index (χ0) is 14.8. The van der Waals surface area contributed by atoms with E-state index in [9.17, 15) is 4.79 Å². The molecule has 2 heterocycles. The van der Waals surface area contributed by atoms with Gasteiger partial charge in [-0.15, -0.1) is 0 Å². The van der Waals surface area contributed by atoms with Gasteiger partial charge in [0, 0.05) is 30.1 Å². The van der Waals surface area contributed by atoms with Crippen molar-refractivity contribution in [2.24, 2.45) is 0 Å². The van der Waals surface area contributed by atoms with Gasteiger partial charge in [-0.2, -0.15) is 0 Å². The van der Waals surface area contributed by atoms with Gasteiger partial charge in [-0.1, -0.05) is 0 Å². The van der Waals surface area contributed by atoms with E-state index < -0.39 is 0 Å². The average Bonchev–Trinajstić information content (AvgIpc) is 2.48. The van der Waals surface area contributed by atoms with Crippen LogP contribution in [0.25, 0.3) is 11.0 Å². The lowest BCUT2D eigenvalue weighted by atomic mass is 10.1. The Bertz CT molecular complexity index is 701. The molecule has 5 nitrogen and oxygen atoms in total. The highest BCUT2D eigenvalue weighted by Gasteiger charge is 2.16. The molecule has 1 saturated heterocycles. The lowest BCUT2D eigenvalue weighted by Gasteiger charge is -2.24. The first kappa shape index (κ1) is 14.1. The second-order valence-electron chi connectivity index (χ2n) is 5.32. The minimum Gasteiger partial charge on any atom is -0.490 e. The molecule has 1 aliphatic rings. The van der Waals surface area contributed by atoms with Gasteiger partial charge in [0.15, 0.2) is 0 Å². The van der Waals surface area contributed by atoms with Gasteiger partial charge >= 0.3 is 5.63 Å². The number of benzene rings is 1. The molecule has 21 heavy (non-hydrogen) atoms. The molecular formula is C16H19NO4. The van der Waals surface area contributed by atoms with Crippen LogP contribution in [0.5, 0.6) is 5.75 Å². The smallest absolute Gasteiger partial charge is 0.336 e. The molecule has 1 N–H and O–H groups in total. The normalized spacial score (nSPS) is 18.9. The number of rotatable bonds is 3. The molecule has 1 aromatic heterocycles. The van der Waals surface area contributed by atoms with E-state index in [2.05, 4.69) is 5.32 Å². The molecule has 3 rings (SSSR count). The van der Waals surface area contributed by atoms with Crippen LogP contribution in [0.3, 0.4) is 0 Å². The number of nitrogens with one attached hydrogen (secondary N) is 1. The van der Waals surface area contributed by atoms with E-state index in [0.29, 0.717) is 18.8 Å². The zero-order valence-electron chi connectivity index (χ0n) is 12.3. The molecule has 112 valence electrons. The Morgan fingerprint density at radius 1 is 1.38 bits per heavy atom. The number of hydrogen-bond donors (Lipinski definition) is 1. The fraction of sp³-hybridized carbons (Fsp3) is 0.438. The van der Waals surface area contributed by atoms with E-state index in [1.54, 1.807) is 0 Å². The molecule has 0 amide bonds. The Labute approximate surface area is 122 Å². The lowest BCUT2D eigenvalue weighted by Crippen LogP contribution is -2.41. The SMILES string of the molecule is Cc1cc(=O)oc2c(C)c(OCC3CNCCO3)ccc12. The third kappa shape index (κ3) is 2.94. The number of aryl methyl sites for hydroxylation is 2. The van der Waals surface area contributed by atoms with Crippen LogP contribution in [0, 0.1) is 13.8 Å². The van der Waals surface area contributed by atoms with Crippen LogP contribution in [0.4, 0.5) is 0 Å². The maximum atomic E-state index is 11.5. The number of morpholine rings is 1. The van der Waals surface area contributed by atoms with Gasteiger partial charge in [-0.05, 0) is 31.5 Å². The summed E-state index contributed by atoms with van der Waals surface area (Å²) in [5.74, 6) is 0.727. The summed E-state index contributed by atoms with van der Waals surface area (Å²) in [6.45, 7) is 6.67. The average molecular weight is 289 g/mol. The fourth-order valence-corrected chi connectivity index (χ4v) is 2.57. The van der Waals surface area contributed by atoms with Crippen LogP contribution in [0.2, 0.25) is 0 Å². The second kappa shape index (κ2) is 5.87. The monoisotopic (exact) mass is 289 g/mol. The van der Waals surface area contributed by atoms with E-state index in [0.717, 1.165) is 35.4 Å². The van der Waals surface area contributed by atoms with Crippen molar-refractivity contribution in [2.75, 3.05) is 26.3 Å². The van der Waals surface area contributed by atoms with Crippen molar-refractivity contribution < 1.29 is 13.9 Å². The Morgan fingerprint density at radius 3 is 3.00 bits per heavy atom. The summed E-state index contributed by atoms with van der Waals surface area (Å²) in [5.41, 5.74) is 2.02. The Hall–Kier alpha value is -1.85. The molecule has 1 unspecified atom stereocenters. The van der Waals surface area contributed by atoms with Crippen molar-refractivity contribution in [1.82, 2.24) is 5.32 Å². The van der Waals surface area contributed by atoms with Gasteiger partial charge in [0.05, 0.1) is 6.61 Å². The molecule has 1 atom stereocenters. The molecule has 2 aromatic rings. The number of fused-ring (bicyclic) bond motifs is 1. The van der Waals surface area contributed by atoms with E-state index in [1.807, 2.05) is 26.0 Å². The van der Waals surface area contributed by atoms with Gasteiger partial charge < -0.3 is 19.2 Å². The Morgan fingerprint density at radius 2 is 2.24 bits per heavy atom. The predicted molar refractivity (Wildman–Crippen MR) is 80.1 cm³/mol. The van der Waals surface area contributed by atoms with Crippen molar-refractivity contribution in [3.05, 3.63) is 39.7 Å². The fourth-order valence-electron chi connectivity index (χ4n) is 2.57. The topological polar surface area (TPSA) is 60.7 Å². The molecular weight excluding hydrogens is 270 g/mol. The highest BCUT2D eigenvalue weighted by molar-refractivity contribution is 5.84. The molecule has 0 aliphatic carbocycles. The third-order valence-electron chi connectivity index (χ3n) is 3.75. The van der Waals surface area contributed by atoms with Gasteiger partial charge in [0.1, 0.15) is 24.0 Å². The largest absolute Gasteiger partial charge is 0.490 e. The molecule has 0 radical (unpaired) electrons. The van der Waals surface area contributed by atoms with Crippen LogP contribution >= 0.6 is 0 Å². The van der Waals surface area contributed by atoms with E-state index >= 15 is 0 Å². The number of ether oxygens (including phenoxy) is 2. The summed E-state index contributed by atoms with van der Waals surface area (Å²) >= 11 is 0. The summed E-state index contributed by atoms with van der Waals surface area (Å²) in [7, 11) is 0. The summed E-state index contributed by atoms with van der Waals surface area (Å²) in [4.78, 5) is 11.5. The minimum absolute atomic E-state index is 0.0540.